The van der Waals surface area contributed by atoms with Crippen LogP contribution in [-0.4, -0.2) is 9.97 Å². The molecule has 4 nitrogen and oxygen atoms in total. The van der Waals surface area contributed by atoms with Gasteiger partial charge in [-0.3, -0.25) is 0 Å². The van der Waals surface area contributed by atoms with E-state index in [0.717, 1.165) is 82.7 Å². The van der Waals surface area contributed by atoms with Crippen LogP contribution in [-0.2, 0) is 20.1 Å². The van der Waals surface area contributed by atoms with Crippen LogP contribution in [0.1, 0.15) is 32.2 Å². The van der Waals surface area contributed by atoms with E-state index in [2.05, 4.69) is 71.5 Å². The maximum Gasteiger partial charge on any atom is 0.143 e. The molecule has 231 valence electrons. The second-order valence-electron chi connectivity index (χ2n) is 11.7. The molecule has 0 fully saturated rings. The minimum absolute atomic E-state index is 0. The summed E-state index contributed by atoms with van der Waals surface area (Å²) in [6.07, 6.45) is 3.54. The summed E-state index contributed by atoms with van der Waals surface area (Å²) in [5, 5.41) is 6.35. The predicted octanol–water partition coefficient (Wildman–Crippen LogP) is 11.5. The molecular formula is C42H30IrN2O2-2. The van der Waals surface area contributed by atoms with Crippen LogP contribution in [0.2, 0.25) is 0 Å². The number of rotatable bonds is 3. The molecule has 0 amide bonds. The Morgan fingerprint density at radius 3 is 2.00 bits per heavy atom. The molecule has 0 atom stereocenters. The zero-order chi connectivity index (χ0) is 32.1. The summed E-state index contributed by atoms with van der Waals surface area (Å²) in [7, 11) is 0. The topological polar surface area (TPSA) is 52.1 Å². The van der Waals surface area contributed by atoms with E-state index in [0.29, 0.717) is 0 Å². The summed E-state index contributed by atoms with van der Waals surface area (Å²) in [5.74, 6) is -0.716. The number of aromatic nitrogens is 2. The third-order valence-electron chi connectivity index (χ3n) is 8.43. The molecule has 9 rings (SSSR count). The SMILES string of the molecule is [2H]C(C)(C)c1ccnc(-c2[c-]ccc3c2oc2c3ccc3c2ccc2c4ccc(C)cc4oc23)c1.[Ir].[c-]1ccccc1-c1ccccn1. The van der Waals surface area contributed by atoms with E-state index in [1.54, 1.807) is 12.4 Å². The van der Waals surface area contributed by atoms with Gasteiger partial charge in [-0.25, -0.2) is 0 Å². The summed E-state index contributed by atoms with van der Waals surface area (Å²) in [4.78, 5) is 8.81. The van der Waals surface area contributed by atoms with Crippen LogP contribution in [0.25, 0.3) is 77.2 Å². The quantitative estimate of drug-likeness (QED) is 0.167. The van der Waals surface area contributed by atoms with E-state index in [-0.39, 0.29) is 20.1 Å². The van der Waals surface area contributed by atoms with Crippen LogP contribution >= 0.6 is 0 Å². The minimum Gasteiger partial charge on any atom is -0.500 e. The normalized spacial score (nSPS) is 11.9. The Labute approximate surface area is 287 Å². The molecule has 0 saturated heterocycles. The second kappa shape index (κ2) is 12.6. The maximum atomic E-state index is 8.42. The molecule has 0 N–H and O–H groups in total. The van der Waals surface area contributed by atoms with Crippen LogP contribution in [0.3, 0.4) is 0 Å². The van der Waals surface area contributed by atoms with Crippen molar-refractivity contribution in [2.45, 2.75) is 26.7 Å². The predicted molar refractivity (Wildman–Crippen MR) is 188 cm³/mol. The molecule has 0 spiro atoms. The van der Waals surface area contributed by atoms with Crippen LogP contribution in [0.15, 0.2) is 130 Å². The number of pyridine rings is 2. The van der Waals surface area contributed by atoms with E-state index in [1.165, 1.54) is 5.56 Å². The summed E-state index contributed by atoms with van der Waals surface area (Å²) >= 11 is 0. The Morgan fingerprint density at radius 2 is 1.30 bits per heavy atom. The molecule has 47 heavy (non-hydrogen) atoms. The van der Waals surface area contributed by atoms with Crippen molar-refractivity contribution in [3.8, 4) is 22.5 Å². The van der Waals surface area contributed by atoms with Crippen LogP contribution in [0.5, 0.6) is 0 Å². The number of hydrogen-bond donors (Lipinski definition) is 0. The molecule has 0 saturated carbocycles. The van der Waals surface area contributed by atoms with Gasteiger partial charge in [-0.15, -0.1) is 54.1 Å². The van der Waals surface area contributed by atoms with Crippen molar-refractivity contribution in [2.75, 3.05) is 0 Å². The monoisotopic (exact) mass is 788 g/mol. The standard InChI is InChI=1S/C31H22NO2.C11H8N.Ir/c1-17(2)19-13-14-32-27(16-19)26-6-4-5-21-23-11-12-24-25(30(23)34-31(21)26)10-9-22-20-8-7-18(3)15-28(20)33-29(22)24;1-2-6-10(7-3-1)11-8-4-5-9-12-11;/h4-5,7-17H,1-3H3;1-6,8-9H;/q2*-1;/i17D;;. The van der Waals surface area contributed by atoms with Gasteiger partial charge in [-0.1, -0.05) is 66.8 Å². The fourth-order valence-electron chi connectivity index (χ4n) is 6.09. The van der Waals surface area contributed by atoms with Crippen LogP contribution in [0, 0.1) is 19.1 Å². The van der Waals surface area contributed by atoms with Crippen LogP contribution < -0.4 is 0 Å². The zero-order valence-electron chi connectivity index (χ0n) is 27.1. The van der Waals surface area contributed by atoms with Crippen molar-refractivity contribution in [2.24, 2.45) is 0 Å². The molecule has 4 heterocycles. The van der Waals surface area contributed by atoms with E-state index in [9.17, 15) is 0 Å². The van der Waals surface area contributed by atoms with Crippen molar-refractivity contribution >= 4 is 54.6 Å². The van der Waals surface area contributed by atoms with Crippen molar-refractivity contribution in [1.82, 2.24) is 9.97 Å². The third-order valence-corrected chi connectivity index (χ3v) is 8.43. The van der Waals surface area contributed by atoms with E-state index in [4.69, 9.17) is 10.2 Å². The van der Waals surface area contributed by atoms with Gasteiger partial charge in [0.2, 0.25) is 0 Å². The molecular weight excluding hydrogens is 757 g/mol. The molecule has 0 aliphatic heterocycles. The van der Waals surface area contributed by atoms with Gasteiger partial charge in [-0.05, 0) is 66.2 Å². The first-order valence-corrected chi connectivity index (χ1v) is 15.3. The minimum atomic E-state index is -0.716. The van der Waals surface area contributed by atoms with Crippen molar-refractivity contribution < 1.29 is 30.3 Å². The first-order valence-electron chi connectivity index (χ1n) is 15.8. The van der Waals surface area contributed by atoms with Crippen molar-refractivity contribution in [3.63, 3.8) is 0 Å². The van der Waals surface area contributed by atoms with Gasteiger partial charge in [0.25, 0.3) is 0 Å². The molecule has 5 heteroatoms. The number of hydrogen-bond acceptors (Lipinski definition) is 4. The Hall–Kier alpha value is -5.09. The second-order valence-corrected chi connectivity index (χ2v) is 11.7. The fourth-order valence-corrected chi connectivity index (χ4v) is 6.09. The number of aryl methyl sites for hydroxylation is 1. The average Bonchev–Trinajstić information content (AvgIpc) is 3.67. The number of benzene rings is 5. The van der Waals surface area contributed by atoms with Gasteiger partial charge in [0.15, 0.2) is 0 Å². The first kappa shape index (κ1) is 29.3. The molecule has 4 aromatic heterocycles. The van der Waals surface area contributed by atoms with Crippen molar-refractivity contribution in [1.29, 1.82) is 0 Å². The van der Waals surface area contributed by atoms with E-state index in [1.807, 2.05) is 80.6 Å². The Balaban J connectivity index is 0.000000237. The molecule has 9 aromatic rings. The zero-order valence-corrected chi connectivity index (χ0v) is 28.5. The Morgan fingerprint density at radius 1 is 0.617 bits per heavy atom. The molecule has 5 aromatic carbocycles. The molecule has 0 unspecified atom stereocenters. The van der Waals surface area contributed by atoms with Crippen molar-refractivity contribution in [3.05, 3.63) is 145 Å². The largest absolute Gasteiger partial charge is 0.500 e. The molecule has 0 bridgehead atoms. The van der Waals surface area contributed by atoms with E-state index < -0.39 is 5.89 Å². The number of fused-ring (bicyclic) bond motifs is 9. The Kier molecular flexibility index (Phi) is 7.86. The summed E-state index contributed by atoms with van der Waals surface area (Å²) in [5.41, 5.74) is 9.01. The smallest absolute Gasteiger partial charge is 0.143 e. The fraction of sp³-hybridized carbons (Fsp3) is 0.0952. The summed E-state index contributed by atoms with van der Waals surface area (Å²) < 4.78 is 21.3. The number of nitrogens with zero attached hydrogens (tertiary/aromatic N) is 2. The maximum absolute atomic E-state index is 8.42. The summed E-state index contributed by atoms with van der Waals surface area (Å²) in [6.45, 7) is 5.83. The van der Waals surface area contributed by atoms with Gasteiger partial charge in [0.05, 0.1) is 5.58 Å². The van der Waals surface area contributed by atoms with Gasteiger partial charge >= 0.3 is 0 Å². The molecule has 1 radical (unpaired) electrons. The van der Waals surface area contributed by atoms with Gasteiger partial charge in [0, 0.05) is 60.8 Å². The van der Waals surface area contributed by atoms with Crippen LogP contribution in [0.4, 0.5) is 0 Å². The first-order chi connectivity index (χ1) is 22.8. The Bertz CT molecular complexity index is 2530. The third kappa shape index (κ3) is 5.52. The number of furan rings is 2. The van der Waals surface area contributed by atoms with Gasteiger partial charge in [-0.2, -0.15) is 0 Å². The van der Waals surface area contributed by atoms with Gasteiger partial charge < -0.3 is 18.8 Å². The van der Waals surface area contributed by atoms with Gasteiger partial charge in [0.1, 0.15) is 16.7 Å². The van der Waals surface area contributed by atoms with E-state index >= 15 is 0 Å². The molecule has 0 aliphatic rings. The average molecular weight is 788 g/mol. The molecule has 0 aliphatic carbocycles. The summed E-state index contributed by atoms with van der Waals surface area (Å²) in [6, 6.07) is 42.8.